The number of rotatable bonds is 8. The molecule has 0 bridgehead atoms. The first-order valence-corrected chi connectivity index (χ1v) is 9.90. The summed E-state index contributed by atoms with van der Waals surface area (Å²) in [5.74, 6) is 1.95. The Labute approximate surface area is 174 Å². The summed E-state index contributed by atoms with van der Waals surface area (Å²) in [5, 5.41) is 7.41. The SMILES string of the molecule is COc1ccc([C@@H]2CC2COc2cc(NCc3cccnc3C)c(=O)n(C)n2)nc1. The predicted molar refractivity (Wildman–Crippen MR) is 113 cm³/mol. The van der Waals surface area contributed by atoms with E-state index in [1.54, 1.807) is 32.6 Å². The molecule has 3 heterocycles. The molecule has 0 radical (unpaired) electrons. The summed E-state index contributed by atoms with van der Waals surface area (Å²) in [7, 11) is 3.25. The highest BCUT2D eigenvalue weighted by Gasteiger charge is 2.40. The van der Waals surface area contributed by atoms with Crippen molar-refractivity contribution in [3.05, 3.63) is 70.0 Å². The molecular weight excluding hydrogens is 382 g/mol. The van der Waals surface area contributed by atoms with Gasteiger partial charge in [0.1, 0.15) is 11.4 Å². The number of nitrogens with one attached hydrogen (secondary N) is 1. The van der Waals surface area contributed by atoms with E-state index in [0.29, 0.717) is 36.6 Å². The molecule has 1 aliphatic rings. The maximum absolute atomic E-state index is 12.4. The van der Waals surface area contributed by atoms with Crippen LogP contribution in [0.25, 0.3) is 0 Å². The van der Waals surface area contributed by atoms with Crippen LogP contribution in [0.15, 0.2) is 47.5 Å². The molecule has 0 spiro atoms. The second-order valence-electron chi connectivity index (χ2n) is 7.46. The molecule has 2 atom stereocenters. The summed E-state index contributed by atoms with van der Waals surface area (Å²) in [6, 6.07) is 9.45. The molecule has 0 aromatic carbocycles. The van der Waals surface area contributed by atoms with Crippen LogP contribution in [0.1, 0.15) is 29.3 Å². The molecule has 0 amide bonds. The van der Waals surface area contributed by atoms with E-state index in [9.17, 15) is 4.79 Å². The Hall–Kier alpha value is -3.42. The Balaban J connectivity index is 1.38. The smallest absolute Gasteiger partial charge is 0.290 e. The number of hydrogen-bond acceptors (Lipinski definition) is 7. The van der Waals surface area contributed by atoms with Crippen molar-refractivity contribution in [3.63, 3.8) is 0 Å². The fourth-order valence-corrected chi connectivity index (χ4v) is 3.39. The molecule has 3 aromatic rings. The summed E-state index contributed by atoms with van der Waals surface area (Å²) in [6.07, 6.45) is 4.52. The molecule has 1 aliphatic carbocycles. The first-order valence-electron chi connectivity index (χ1n) is 9.90. The second-order valence-corrected chi connectivity index (χ2v) is 7.46. The van der Waals surface area contributed by atoms with Crippen LogP contribution in [0.4, 0.5) is 5.69 Å². The van der Waals surface area contributed by atoms with E-state index >= 15 is 0 Å². The maximum atomic E-state index is 12.4. The fraction of sp³-hybridized carbons (Fsp3) is 0.364. The minimum absolute atomic E-state index is 0.198. The van der Waals surface area contributed by atoms with Gasteiger partial charge in [-0.05, 0) is 37.1 Å². The van der Waals surface area contributed by atoms with Crippen molar-refractivity contribution in [2.45, 2.75) is 25.8 Å². The molecule has 156 valence electrons. The van der Waals surface area contributed by atoms with Gasteiger partial charge in [-0.25, -0.2) is 4.68 Å². The van der Waals surface area contributed by atoms with Crippen molar-refractivity contribution < 1.29 is 9.47 Å². The van der Waals surface area contributed by atoms with E-state index < -0.39 is 0 Å². The fourth-order valence-electron chi connectivity index (χ4n) is 3.39. The number of ether oxygens (including phenoxy) is 2. The highest BCUT2D eigenvalue weighted by atomic mass is 16.5. The summed E-state index contributed by atoms with van der Waals surface area (Å²) in [5.41, 5.74) is 3.27. The number of methoxy groups -OCH3 is 1. The van der Waals surface area contributed by atoms with Crippen LogP contribution in [-0.4, -0.2) is 33.5 Å². The monoisotopic (exact) mass is 407 g/mol. The quantitative estimate of drug-likeness (QED) is 0.614. The molecule has 8 nitrogen and oxygen atoms in total. The van der Waals surface area contributed by atoms with Crippen LogP contribution in [0.2, 0.25) is 0 Å². The molecule has 0 aliphatic heterocycles. The summed E-state index contributed by atoms with van der Waals surface area (Å²) in [6.45, 7) is 2.98. The normalized spacial score (nSPS) is 17.4. The second kappa shape index (κ2) is 8.52. The van der Waals surface area contributed by atoms with Gasteiger partial charge in [-0.15, -0.1) is 5.10 Å². The standard InChI is InChI=1S/C22H25N5O3/c1-14-15(5-4-8-23-14)11-24-20-10-21(26-27(2)22(20)28)30-13-16-9-18(16)19-7-6-17(29-3)12-25-19/h4-8,10,12,16,18,24H,9,11,13H2,1-3H3/t16?,18-/m1/s1. The van der Waals surface area contributed by atoms with Gasteiger partial charge < -0.3 is 14.8 Å². The zero-order valence-corrected chi connectivity index (χ0v) is 17.3. The summed E-state index contributed by atoms with van der Waals surface area (Å²) in [4.78, 5) is 21.1. The van der Waals surface area contributed by atoms with Gasteiger partial charge in [0, 0.05) is 49.1 Å². The Bertz CT molecular complexity index is 1080. The molecule has 3 aromatic heterocycles. The molecule has 1 unspecified atom stereocenters. The number of pyridine rings is 2. The highest BCUT2D eigenvalue weighted by molar-refractivity contribution is 5.44. The third-order valence-corrected chi connectivity index (χ3v) is 5.37. The van der Waals surface area contributed by atoms with Crippen LogP contribution in [-0.2, 0) is 13.6 Å². The van der Waals surface area contributed by atoms with Crippen molar-refractivity contribution in [3.8, 4) is 11.6 Å². The number of nitrogens with zero attached hydrogens (tertiary/aromatic N) is 4. The lowest BCUT2D eigenvalue weighted by atomic mass is 10.2. The summed E-state index contributed by atoms with van der Waals surface area (Å²) < 4.78 is 12.4. The highest BCUT2D eigenvalue weighted by Crippen LogP contribution is 2.46. The van der Waals surface area contributed by atoms with Gasteiger partial charge in [-0.2, -0.15) is 0 Å². The third kappa shape index (κ3) is 4.42. The molecule has 1 N–H and O–H groups in total. The zero-order chi connectivity index (χ0) is 21.1. The van der Waals surface area contributed by atoms with E-state index in [0.717, 1.165) is 29.1 Å². The van der Waals surface area contributed by atoms with E-state index in [-0.39, 0.29) is 5.56 Å². The van der Waals surface area contributed by atoms with E-state index in [1.165, 1.54) is 4.68 Å². The van der Waals surface area contributed by atoms with Crippen LogP contribution in [0.5, 0.6) is 11.6 Å². The topological polar surface area (TPSA) is 91.2 Å². The van der Waals surface area contributed by atoms with Crippen molar-refractivity contribution in [2.75, 3.05) is 19.0 Å². The minimum Gasteiger partial charge on any atom is -0.495 e. The number of anilines is 1. The van der Waals surface area contributed by atoms with Gasteiger partial charge in [-0.1, -0.05) is 6.07 Å². The van der Waals surface area contributed by atoms with E-state index in [1.807, 2.05) is 31.2 Å². The van der Waals surface area contributed by atoms with Gasteiger partial charge in [0.05, 0.1) is 19.9 Å². The molecule has 4 rings (SSSR count). The largest absolute Gasteiger partial charge is 0.495 e. The Kier molecular flexibility index (Phi) is 5.65. The van der Waals surface area contributed by atoms with Gasteiger partial charge in [0.25, 0.3) is 5.56 Å². The van der Waals surface area contributed by atoms with E-state index in [4.69, 9.17) is 9.47 Å². The van der Waals surface area contributed by atoms with Crippen LogP contribution >= 0.6 is 0 Å². The molecular formula is C22H25N5O3. The Morgan fingerprint density at radius 2 is 2.13 bits per heavy atom. The first-order chi connectivity index (χ1) is 14.5. The average molecular weight is 407 g/mol. The van der Waals surface area contributed by atoms with Gasteiger partial charge in [0.15, 0.2) is 0 Å². The lowest BCUT2D eigenvalue weighted by Crippen LogP contribution is -2.24. The number of hydrogen-bond donors (Lipinski definition) is 1. The van der Waals surface area contributed by atoms with Gasteiger partial charge >= 0.3 is 0 Å². The molecule has 1 saturated carbocycles. The lowest BCUT2D eigenvalue weighted by molar-refractivity contribution is 0.278. The Morgan fingerprint density at radius 1 is 1.27 bits per heavy atom. The molecule has 30 heavy (non-hydrogen) atoms. The van der Waals surface area contributed by atoms with Crippen LogP contribution in [0, 0.1) is 12.8 Å². The van der Waals surface area contributed by atoms with Crippen molar-refractivity contribution in [1.29, 1.82) is 0 Å². The van der Waals surface area contributed by atoms with Crippen molar-refractivity contribution in [1.82, 2.24) is 19.7 Å². The van der Waals surface area contributed by atoms with Crippen molar-refractivity contribution in [2.24, 2.45) is 13.0 Å². The lowest BCUT2D eigenvalue weighted by Gasteiger charge is -2.11. The van der Waals surface area contributed by atoms with Gasteiger partial charge in [0.2, 0.25) is 5.88 Å². The van der Waals surface area contributed by atoms with Gasteiger partial charge in [-0.3, -0.25) is 14.8 Å². The number of aryl methyl sites for hydroxylation is 2. The summed E-state index contributed by atoms with van der Waals surface area (Å²) >= 11 is 0. The third-order valence-electron chi connectivity index (χ3n) is 5.37. The minimum atomic E-state index is -0.198. The average Bonchev–Trinajstić information content (AvgIpc) is 3.54. The molecule has 0 saturated heterocycles. The van der Waals surface area contributed by atoms with Crippen LogP contribution in [0.3, 0.4) is 0 Å². The Morgan fingerprint density at radius 3 is 2.87 bits per heavy atom. The molecule has 8 heteroatoms. The molecule has 1 fully saturated rings. The van der Waals surface area contributed by atoms with E-state index in [2.05, 4.69) is 20.4 Å². The predicted octanol–water partition coefficient (Wildman–Crippen LogP) is 2.68. The maximum Gasteiger partial charge on any atom is 0.290 e. The zero-order valence-electron chi connectivity index (χ0n) is 17.3. The number of aromatic nitrogens is 4. The van der Waals surface area contributed by atoms with Crippen LogP contribution < -0.4 is 20.3 Å². The first kappa shape index (κ1) is 19.9. The van der Waals surface area contributed by atoms with Crippen molar-refractivity contribution >= 4 is 5.69 Å².